The zero-order valence-corrected chi connectivity index (χ0v) is 10.7. The molecule has 6 heteroatoms. The number of benzene rings is 1. The molecule has 0 spiro atoms. The van der Waals surface area contributed by atoms with E-state index in [4.69, 9.17) is 17.3 Å². The minimum absolute atomic E-state index is 0.0554. The Morgan fingerprint density at radius 1 is 1.53 bits per heavy atom. The van der Waals surface area contributed by atoms with Gasteiger partial charge in [0.2, 0.25) is 5.91 Å². The summed E-state index contributed by atoms with van der Waals surface area (Å²) in [7, 11) is -1.42. The van der Waals surface area contributed by atoms with E-state index in [0.717, 1.165) is 12.8 Å². The fraction of sp³-hybridized carbons (Fsp3) is 0.364. The molecule has 1 aliphatic rings. The van der Waals surface area contributed by atoms with Gasteiger partial charge in [0.25, 0.3) is 0 Å². The SMILES string of the molecule is Nc1ccc(S(=O)CC(=O)NC2CC2)c(Cl)c1. The summed E-state index contributed by atoms with van der Waals surface area (Å²) in [6, 6.07) is 5.03. The minimum atomic E-state index is -1.42. The predicted octanol–water partition coefficient (Wildman–Crippen LogP) is 1.31. The second-order valence-electron chi connectivity index (χ2n) is 4.02. The molecule has 1 aliphatic carbocycles. The number of carbonyl (C=O) groups excluding carboxylic acids is 1. The Labute approximate surface area is 107 Å². The monoisotopic (exact) mass is 272 g/mol. The predicted molar refractivity (Wildman–Crippen MR) is 68.3 cm³/mol. The highest BCUT2D eigenvalue weighted by molar-refractivity contribution is 7.85. The molecular formula is C11H13ClN2O2S. The highest BCUT2D eigenvalue weighted by Gasteiger charge is 2.24. The molecule has 0 aliphatic heterocycles. The Kier molecular flexibility index (Phi) is 3.69. The molecule has 1 atom stereocenters. The molecule has 0 radical (unpaired) electrons. The van der Waals surface area contributed by atoms with Crippen LogP contribution < -0.4 is 11.1 Å². The molecule has 1 fully saturated rings. The van der Waals surface area contributed by atoms with Crippen LogP contribution in [0.25, 0.3) is 0 Å². The first-order valence-corrected chi connectivity index (χ1v) is 6.98. The van der Waals surface area contributed by atoms with Crippen molar-refractivity contribution in [3.8, 4) is 0 Å². The van der Waals surface area contributed by atoms with Gasteiger partial charge in [-0.15, -0.1) is 0 Å². The van der Waals surface area contributed by atoms with Crippen molar-refractivity contribution < 1.29 is 9.00 Å². The molecule has 0 aromatic heterocycles. The van der Waals surface area contributed by atoms with Gasteiger partial charge in [0.05, 0.1) is 20.7 Å². The molecule has 0 saturated heterocycles. The van der Waals surface area contributed by atoms with Gasteiger partial charge in [-0.25, -0.2) is 0 Å². The molecule has 1 unspecified atom stereocenters. The van der Waals surface area contributed by atoms with E-state index in [9.17, 15) is 9.00 Å². The van der Waals surface area contributed by atoms with E-state index in [0.29, 0.717) is 15.6 Å². The third-order valence-electron chi connectivity index (χ3n) is 2.41. The maximum absolute atomic E-state index is 11.9. The summed E-state index contributed by atoms with van der Waals surface area (Å²) in [5.74, 6) is -0.251. The van der Waals surface area contributed by atoms with Crippen molar-refractivity contribution in [1.82, 2.24) is 5.32 Å². The second kappa shape index (κ2) is 5.06. The van der Waals surface area contributed by atoms with E-state index < -0.39 is 10.8 Å². The van der Waals surface area contributed by atoms with Crippen molar-refractivity contribution in [2.24, 2.45) is 0 Å². The lowest BCUT2D eigenvalue weighted by atomic mass is 10.3. The molecule has 1 aromatic carbocycles. The number of nitrogen functional groups attached to an aromatic ring is 1. The summed E-state index contributed by atoms with van der Waals surface area (Å²) in [5.41, 5.74) is 6.05. The topological polar surface area (TPSA) is 72.2 Å². The number of nitrogens with two attached hydrogens (primary N) is 1. The van der Waals surface area contributed by atoms with Crippen molar-refractivity contribution in [3.63, 3.8) is 0 Å². The fourth-order valence-corrected chi connectivity index (χ4v) is 2.82. The first-order chi connectivity index (χ1) is 8.06. The zero-order valence-electron chi connectivity index (χ0n) is 9.11. The Hall–Kier alpha value is -1.07. The van der Waals surface area contributed by atoms with Crippen LogP contribution in [0.2, 0.25) is 5.02 Å². The van der Waals surface area contributed by atoms with Crippen LogP contribution in [-0.2, 0) is 15.6 Å². The van der Waals surface area contributed by atoms with Gasteiger partial charge in [-0.3, -0.25) is 9.00 Å². The van der Waals surface area contributed by atoms with E-state index in [2.05, 4.69) is 5.32 Å². The Bertz CT molecular complexity index is 475. The zero-order chi connectivity index (χ0) is 12.4. The van der Waals surface area contributed by atoms with Gasteiger partial charge in [0.15, 0.2) is 0 Å². The third kappa shape index (κ3) is 3.44. The van der Waals surface area contributed by atoms with Gasteiger partial charge in [-0.2, -0.15) is 0 Å². The number of amides is 1. The molecule has 2 rings (SSSR count). The maximum atomic E-state index is 11.9. The summed E-state index contributed by atoms with van der Waals surface area (Å²) in [6.07, 6.45) is 2.03. The van der Waals surface area contributed by atoms with E-state index in [1.807, 2.05) is 0 Å². The van der Waals surface area contributed by atoms with Gasteiger partial charge in [0.1, 0.15) is 5.75 Å². The molecule has 1 saturated carbocycles. The summed E-state index contributed by atoms with van der Waals surface area (Å²) in [4.78, 5) is 11.9. The molecular weight excluding hydrogens is 260 g/mol. The van der Waals surface area contributed by atoms with Gasteiger partial charge in [0, 0.05) is 11.7 Å². The van der Waals surface area contributed by atoms with Crippen LogP contribution in [0, 0.1) is 0 Å². The Balaban J connectivity index is 2.00. The number of rotatable bonds is 4. The molecule has 4 nitrogen and oxygen atoms in total. The van der Waals surface area contributed by atoms with Gasteiger partial charge >= 0.3 is 0 Å². The van der Waals surface area contributed by atoms with E-state index in [1.165, 1.54) is 6.07 Å². The second-order valence-corrected chi connectivity index (χ2v) is 5.85. The first-order valence-electron chi connectivity index (χ1n) is 5.29. The molecule has 0 bridgehead atoms. The normalized spacial score (nSPS) is 16.5. The largest absolute Gasteiger partial charge is 0.399 e. The fourth-order valence-electron chi connectivity index (χ4n) is 1.40. The quantitative estimate of drug-likeness (QED) is 0.812. The standard InChI is InChI=1S/C11H13ClN2O2S/c12-9-5-7(13)1-4-10(9)17(16)6-11(15)14-8-2-3-8/h1,4-5,8H,2-3,6,13H2,(H,14,15). The third-order valence-corrected chi connectivity index (χ3v) is 4.20. The lowest BCUT2D eigenvalue weighted by Gasteiger charge is -2.06. The van der Waals surface area contributed by atoms with Crippen LogP contribution in [0.15, 0.2) is 23.1 Å². The van der Waals surface area contributed by atoms with Crippen LogP contribution in [0.4, 0.5) is 5.69 Å². The molecule has 1 amide bonds. The number of anilines is 1. The summed E-state index contributed by atoms with van der Waals surface area (Å²) in [6.45, 7) is 0. The van der Waals surface area contributed by atoms with Crippen molar-refractivity contribution >= 4 is 34.0 Å². The molecule has 92 valence electrons. The number of hydrogen-bond acceptors (Lipinski definition) is 3. The van der Waals surface area contributed by atoms with Gasteiger partial charge < -0.3 is 11.1 Å². The molecule has 17 heavy (non-hydrogen) atoms. The Morgan fingerprint density at radius 3 is 2.82 bits per heavy atom. The van der Waals surface area contributed by atoms with Crippen LogP contribution in [-0.4, -0.2) is 21.9 Å². The van der Waals surface area contributed by atoms with Crippen molar-refractivity contribution in [2.45, 2.75) is 23.8 Å². The maximum Gasteiger partial charge on any atom is 0.233 e. The van der Waals surface area contributed by atoms with E-state index in [1.54, 1.807) is 12.1 Å². The summed E-state index contributed by atoms with van der Waals surface area (Å²) in [5, 5.41) is 3.12. The van der Waals surface area contributed by atoms with Crippen molar-refractivity contribution in [2.75, 3.05) is 11.5 Å². The summed E-state index contributed by atoms with van der Waals surface area (Å²) >= 11 is 5.92. The van der Waals surface area contributed by atoms with Crippen molar-refractivity contribution in [1.29, 1.82) is 0 Å². The minimum Gasteiger partial charge on any atom is -0.399 e. The lowest BCUT2D eigenvalue weighted by molar-refractivity contribution is -0.118. The van der Waals surface area contributed by atoms with Crippen LogP contribution in [0.3, 0.4) is 0 Å². The number of hydrogen-bond donors (Lipinski definition) is 2. The molecule has 0 heterocycles. The smallest absolute Gasteiger partial charge is 0.233 e. The van der Waals surface area contributed by atoms with Gasteiger partial charge in [-0.05, 0) is 31.0 Å². The Morgan fingerprint density at radius 2 is 2.24 bits per heavy atom. The van der Waals surface area contributed by atoms with Crippen LogP contribution in [0.5, 0.6) is 0 Å². The van der Waals surface area contributed by atoms with E-state index in [-0.39, 0.29) is 17.7 Å². The molecule has 1 aromatic rings. The first kappa shape index (κ1) is 12.4. The highest BCUT2D eigenvalue weighted by atomic mass is 35.5. The number of halogens is 1. The van der Waals surface area contributed by atoms with Gasteiger partial charge in [-0.1, -0.05) is 11.6 Å². The summed E-state index contributed by atoms with van der Waals surface area (Å²) < 4.78 is 11.9. The molecule has 3 N–H and O–H groups in total. The number of nitrogens with one attached hydrogen (secondary N) is 1. The highest BCUT2D eigenvalue weighted by Crippen LogP contribution is 2.23. The van der Waals surface area contributed by atoms with Crippen molar-refractivity contribution in [3.05, 3.63) is 23.2 Å². The van der Waals surface area contributed by atoms with Crippen LogP contribution in [0.1, 0.15) is 12.8 Å². The number of carbonyl (C=O) groups is 1. The average molecular weight is 273 g/mol. The average Bonchev–Trinajstić information content (AvgIpc) is 3.00. The van der Waals surface area contributed by atoms with Crippen LogP contribution >= 0.6 is 11.6 Å². The van der Waals surface area contributed by atoms with E-state index >= 15 is 0 Å². The lowest BCUT2D eigenvalue weighted by Crippen LogP contribution is -2.30.